The van der Waals surface area contributed by atoms with Crippen LogP contribution in [0.2, 0.25) is 10.0 Å². The highest BCUT2D eigenvalue weighted by atomic mass is 127. The molecular formula is C16H14Cl2INO4S. The van der Waals surface area contributed by atoms with Gasteiger partial charge in [-0.15, -0.1) is 11.3 Å². The highest BCUT2D eigenvalue weighted by molar-refractivity contribution is 14.1. The second-order valence-corrected chi connectivity index (χ2v) is 8.62. The average molecular weight is 514 g/mol. The molecule has 9 heteroatoms. The Kier molecular flexibility index (Phi) is 7.51. The molecule has 0 N–H and O–H groups in total. The molecular weight excluding hydrogens is 500 g/mol. The van der Waals surface area contributed by atoms with Gasteiger partial charge in [0, 0.05) is 18.7 Å². The molecule has 25 heavy (non-hydrogen) atoms. The monoisotopic (exact) mass is 513 g/mol. The number of amides is 1. The van der Waals surface area contributed by atoms with Crippen molar-refractivity contribution in [3.63, 3.8) is 0 Å². The third-order valence-electron chi connectivity index (χ3n) is 3.27. The fraction of sp³-hybridized carbons (Fsp3) is 0.250. The molecule has 0 atom stereocenters. The van der Waals surface area contributed by atoms with Crippen LogP contribution in [0.15, 0.2) is 24.3 Å². The third-order valence-corrected chi connectivity index (χ3v) is 5.68. The van der Waals surface area contributed by atoms with Crippen molar-refractivity contribution in [3.05, 3.63) is 47.6 Å². The number of hydrogen-bond donors (Lipinski definition) is 0. The van der Waals surface area contributed by atoms with Crippen molar-refractivity contribution >= 4 is 74.7 Å². The highest BCUT2D eigenvalue weighted by Gasteiger charge is 2.27. The van der Waals surface area contributed by atoms with Crippen molar-refractivity contribution in [3.8, 4) is 0 Å². The van der Waals surface area contributed by atoms with Gasteiger partial charge in [0.25, 0.3) is 5.91 Å². The van der Waals surface area contributed by atoms with Crippen molar-refractivity contribution in [2.75, 3.05) is 32.3 Å². The van der Waals surface area contributed by atoms with Gasteiger partial charge >= 0.3 is 5.97 Å². The molecule has 1 aromatic carbocycles. The number of carbonyl (C=O) groups excluding carboxylic acids is 2. The fourth-order valence-corrected chi connectivity index (χ4v) is 4.36. The number of halogens is 3. The molecule has 2 aromatic rings. The molecule has 2 rings (SSSR count). The van der Waals surface area contributed by atoms with E-state index in [4.69, 9.17) is 32.7 Å². The van der Waals surface area contributed by atoms with E-state index in [9.17, 15) is 9.59 Å². The lowest BCUT2D eigenvalue weighted by Gasteiger charge is -2.23. The summed E-state index contributed by atoms with van der Waals surface area (Å²) < 4.78 is 10.8. The van der Waals surface area contributed by atoms with Gasteiger partial charge < -0.3 is 14.4 Å². The van der Waals surface area contributed by atoms with Gasteiger partial charge in [-0.25, -0.2) is 4.79 Å². The van der Waals surface area contributed by atoms with E-state index < -0.39 is 5.97 Å². The molecule has 0 radical (unpaired) electrons. The smallest absolute Gasteiger partial charge is 0.350 e. The van der Waals surface area contributed by atoms with Crippen molar-refractivity contribution in [2.24, 2.45) is 0 Å². The van der Waals surface area contributed by atoms with Crippen LogP contribution in [-0.2, 0) is 9.47 Å². The summed E-state index contributed by atoms with van der Waals surface area (Å²) in [6, 6.07) is 6.41. The van der Waals surface area contributed by atoms with Gasteiger partial charge in [0.15, 0.2) is 0 Å². The van der Waals surface area contributed by atoms with Crippen LogP contribution in [0.4, 0.5) is 5.69 Å². The summed E-state index contributed by atoms with van der Waals surface area (Å²) in [4.78, 5) is 26.9. The maximum Gasteiger partial charge on any atom is 0.350 e. The zero-order valence-electron chi connectivity index (χ0n) is 13.3. The highest BCUT2D eigenvalue weighted by Crippen LogP contribution is 2.34. The van der Waals surface area contributed by atoms with E-state index >= 15 is 0 Å². The summed E-state index contributed by atoms with van der Waals surface area (Å²) in [6.07, 6.45) is 0. The van der Waals surface area contributed by atoms with E-state index in [0.29, 0.717) is 27.8 Å². The molecule has 1 aromatic heterocycles. The van der Waals surface area contributed by atoms with Gasteiger partial charge in [0.05, 0.1) is 32.9 Å². The first-order chi connectivity index (χ1) is 11.9. The lowest BCUT2D eigenvalue weighted by molar-refractivity contribution is 0.0607. The Hall–Kier alpha value is -0.870. The first kappa shape index (κ1) is 20.4. The first-order valence-electron chi connectivity index (χ1n) is 7.02. The van der Waals surface area contributed by atoms with Gasteiger partial charge in [0.2, 0.25) is 0 Å². The molecule has 1 amide bonds. The summed E-state index contributed by atoms with van der Waals surface area (Å²) in [5, 5.41) is 0.676. The maximum absolute atomic E-state index is 13.0. The predicted molar refractivity (Wildman–Crippen MR) is 108 cm³/mol. The normalized spacial score (nSPS) is 10.6. The molecule has 0 aliphatic rings. The minimum absolute atomic E-state index is 0.240. The van der Waals surface area contributed by atoms with Crippen LogP contribution in [-0.4, -0.2) is 39.2 Å². The van der Waals surface area contributed by atoms with E-state index in [-0.39, 0.29) is 17.5 Å². The average Bonchev–Trinajstić information content (AvgIpc) is 2.96. The van der Waals surface area contributed by atoms with Gasteiger partial charge in [-0.2, -0.15) is 0 Å². The van der Waals surface area contributed by atoms with E-state index in [0.717, 1.165) is 2.88 Å². The van der Waals surface area contributed by atoms with Crippen LogP contribution in [0.1, 0.15) is 20.0 Å². The molecule has 134 valence electrons. The summed E-state index contributed by atoms with van der Waals surface area (Å²) in [5.74, 6) is -0.849. The van der Waals surface area contributed by atoms with E-state index in [1.807, 2.05) is 0 Å². The Morgan fingerprint density at radius 1 is 1.24 bits per heavy atom. The lowest BCUT2D eigenvalue weighted by atomic mass is 10.2. The van der Waals surface area contributed by atoms with E-state index in [1.165, 1.54) is 36.5 Å². The predicted octanol–water partition coefficient (Wildman–Crippen LogP) is 4.74. The third kappa shape index (κ3) is 4.85. The molecule has 5 nitrogen and oxygen atoms in total. The molecule has 0 aliphatic heterocycles. The minimum Gasteiger partial charge on any atom is -0.465 e. The zero-order valence-corrected chi connectivity index (χ0v) is 17.8. The Morgan fingerprint density at radius 2 is 1.96 bits per heavy atom. The number of benzene rings is 1. The lowest BCUT2D eigenvalue weighted by Crippen LogP contribution is -2.34. The van der Waals surface area contributed by atoms with Crippen LogP contribution >= 0.6 is 57.1 Å². The standard InChI is InChI=1S/C16H14Cl2INO4S/c1-23-6-5-20(12-8-13(19)25-14(12)16(22)24-2)15(21)10-4-3-9(17)7-11(10)18/h3-4,7-8H,5-6H2,1-2H3. The van der Waals surface area contributed by atoms with E-state index in [2.05, 4.69) is 22.6 Å². The minimum atomic E-state index is -0.500. The number of hydrogen-bond acceptors (Lipinski definition) is 5. The Bertz CT molecular complexity index is 796. The number of carbonyl (C=O) groups is 2. The topological polar surface area (TPSA) is 55.8 Å². The number of thiophene rings is 1. The second-order valence-electron chi connectivity index (χ2n) is 4.83. The van der Waals surface area contributed by atoms with Crippen molar-refractivity contribution in [1.29, 1.82) is 0 Å². The number of esters is 1. The molecule has 0 aliphatic carbocycles. The molecule has 0 spiro atoms. The Morgan fingerprint density at radius 3 is 2.56 bits per heavy atom. The molecule has 0 unspecified atom stereocenters. The SMILES string of the molecule is COCCN(C(=O)c1ccc(Cl)cc1Cl)c1cc(I)sc1C(=O)OC. The van der Waals surface area contributed by atoms with Crippen molar-refractivity contribution in [2.45, 2.75) is 0 Å². The van der Waals surface area contributed by atoms with Crippen LogP contribution in [0.3, 0.4) is 0 Å². The number of nitrogens with zero attached hydrogens (tertiary/aromatic N) is 1. The Balaban J connectivity index is 2.49. The van der Waals surface area contributed by atoms with Gasteiger partial charge in [-0.1, -0.05) is 23.2 Å². The number of methoxy groups -OCH3 is 2. The Labute approximate surface area is 172 Å². The quantitative estimate of drug-likeness (QED) is 0.413. The molecule has 0 saturated carbocycles. The molecule has 1 heterocycles. The van der Waals surface area contributed by atoms with Crippen molar-refractivity contribution < 1.29 is 19.1 Å². The molecule has 0 saturated heterocycles. The first-order valence-corrected chi connectivity index (χ1v) is 9.67. The van der Waals surface area contributed by atoms with Crippen LogP contribution in [0.5, 0.6) is 0 Å². The van der Waals surface area contributed by atoms with Gasteiger partial charge in [0.1, 0.15) is 4.88 Å². The second kappa shape index (κ2) is 9.18. The molecule has 0 bridgehead atoms. The van der Waals surface area contributed by atoms with Crippen LogP contribution < -0.4 is 4.90 Å². The summed E-state index contributed by atoms with van der Waals surface area (Å²) in [7, 11) is 2.84. The number of anilines is 1. The summed E-state index contributed by atoms with van der Waals surface area (Å²) in [6.45, 7) is 0.551. The summed E-state index contributed by atoms with van der Waals surface area (Å²) in [5.41, 5.74) is 0.758. The van der Waals surface area contributed by atoms with Crippen LogP contribution in [0.25, 0.3) is 0 Å². The maximum atomic E-state index is 13.0. The van der Waals surface area contributed by atoms with Gasteiger partial charge in [-0.3, -0.25) is 4.79 Å². The fourth-order valence-electron chi connectivity index (χ4n) is 2.11. The van der Waals surface area contributed by atoms with Crippen molar-refractivity contribution in [1.82, 2.24) is 0 Å². The number of ether oxygens (including phenoxy) is 2. The van der Waals surface area contributed by atoms with E-state index in [1.54, 1.807) is 18.2 Å². The van der Waals surface area contributed by atoms with Crippen LogP contribution in [0, 0.1) is 2.88 Å². The molecule has 0 fully saturated rings. The van der Waals surface area contributed by atoms with Gasteiger partial charge in [-0.05, 0) is 46.9 Å². The largest absolute Gasteiger partial charge is 0.465 e. The number of rotatable bonds is 6. The zero-order chi connectivity index (χ0) is 18.6. The summed E-state index contributed by atoms with van der Waals surface area (Å²) >= 11 is 15.4.